The van der Waals surface area contributed by atoms with Gasteiger partial charge in [-0.25, -0.2) is 4.98 Å². The number of hydrogen-bond acceptors (Lipinski definition) is 2. The molecule has 0 saturated heterocycles. The Kier molecular flexibility index (Phi) is 1.80. The topological polar surface area (TPSA) is 37.9 Å². The van der Waals surface area contributed by atoms with E-state index in [0.717, 1.165) is 29.2 Å². The van der Waals surface area contributed by atoms with Crippen LogP contribution in [0.1, 0.15) is 29.7 Å². The molecule has 4 rings (SSSR count). The number of hydrogen-bond donors (Lipinski definition) is 1. The van der Waals surface area contributed by atoms with E-state index in [2.05, 4.69) is 34.7 Å². The fourth-order valence-corrected chi connectivity index (χ4v) is 2.77. The third-order valence-corrected chi connectivity index (χ3v) is 4.08. The first kappa shape index (κ1) is 9.95. The van der Waals surface area contributed by atoms with Crippen molar-refractivity contribution in [2.24, 2.45) is 0 Å². The predicted molar refractivity (Wildman–Crippen MR) is 69.6 cm³/mol. The molecule has 3 nitrogen and oxygen atoms in total. The lowest BCUT2D eigenvalue weighted by atomic mass is 9.94. The Morgan fingerprint density at radius 3 is 3.00 bits per heavy atom. The van der Waals surface area contributed by atoms with E-state index in [-0.39, 0.29) is 0 Å². The van der Waals surface area contributed by atoms with E-state index >= 15 is 0 Å². The summed E-state index contributed by atoms with van der Waals surface area (Å²) in [4.78, 5) is 7.14. The molecular formula is C15H14N2O. The standard InChI is InChI=1S/C15H14N2O/c1-10(13-7-16-9-17-13)11-3-2-4-12-14(11)18-8-15(12)5-6-15/h2-4,7,9H,1,5-6,8H2,(H,16,17). The lowest BCUT2D eigenvalue weighted by molar-refractivity contribution is 0.323. The van der Waals surface area contributed by atoms with Gasteiger partial charge in [0.2, 0.25) is 0 Å². The third-order valence-electron chi connectivity index (χ3n) is 4.08. The summed E-state index contributed by atoms with van der Waals surface area (Å²) >= 11 is 0. The second kappa shape index (κ2) is 3.25. The van der Waals surface area contributed by atoms with Crippen LogP contribution in [0.2, 0.25) is 0 Å². The molecule has 2 aliphatic rings. The van der Waals surface area contributed by atoms with Gasteiger partial charge in [0.25, 0.3) is 0 Å². The van der Waals surface area contributed by atoms with Gasteiger partial charge < -0.3 is 9.72 Å². The quantitative estimate of drug-likeness (QED) is 0.873. The molecule has 1 aromatic heterocycles. The van der Waals surface area contributed by atoms with E-state index in [1.165, 1.54) is 18.4 Å². The predicted octanol–water partition coefficient (Wildman–Crippen LogP) is 2.90. The van der Waals surface area contributed by atoms with Crippen LogP contribution < -0.4 is 4.74 Å². The van der Waals surface area contributed by atoms with Gasteiger partial charge in [0.05, 0.1) is 24.8 Å². The largest absolute Gasteiger partial charge is 0.492 e. The fraction of sp³-hybridized carbons (Fsp3) is 0.267. The van der Waals surface area contributed by atoms with Crippen molar-refractivity contribution in [3.63, 3.8) is 0 Å². The molecule has 0 amide bonds. The number of rotatable bonds is 2. The monoisotopic (exact) mass is 238 g/mol. The van der Waals surface area contributed by atoms with E-state index in [4.69, 9.17) is 4.74 Å². The molecule has 0 atom stereocenters. The number of aromatic nitrogens is 2. The first-order chi connectivity index (χ1) is 8.80. The smallest absolute Gasteiger partial charge is 0.131 e. The molecule has 1 fully saturated rings. The molecule has 0 unspecified atom stereocenters. The molecule has 1 aromatic carbocycles. The maximum Gasteiger partial charge on any atom is 0.131 e. The molecule has 1 saturated carbocycles. The minimum absolute atomic E-state index is 0.319. The number of nitrogens with zero attached hydrogens (tertiary/aromatic N) is 1. The molecular weight excluding hydrogens is 224 g/mol. The van der Waals surface area contributed by atoms with Crippen LogP contribution in [0.5, 0.6) is 5.75 Å². The fourth-order valence-electron chi connectivity index (χ4n) is 2.77. The van der Waals surface area contributed by atoms with Crippen LogP contribution in [0.3, 0.4) is 0 Å². The van der Waals surface area contributed by atoms with Crippen molar-refractivity contribution in [2.75, 3.05) is 6.61 Å². The zero-order valence-corrected chi connectivity index (χ0v) is 10.1. The summed E-state index contributed by atoms with van der Waals surface area (Å²) in [6, 6.07) is 6.37. The van der Waals surface area contributed by atoms with Crippen LogP contribution in [0, 0.1) is 0 Å². The Bertz CT molecular complexity index is 624. The minimum atomic E-state index is 0.319. The number of para-hydroxylation sites is 1. The van der Waals surface area contributed by atoms with Gasteiger partial charge in [-0.2, -0.15) is 0 Å². The average molecular weight is 238 g/mol. The Morgan fingerprint density at radius 2 is 2.28 bits per heavy atom. The zero-order valence-electron chi connectivity index (χ0n) is 10.1. The highest BCUT2D eigenvalue weighted by Crippen LogP contribution is 2.56. The second-order valence-corrected chi connectivity index (χ2v) is 5.20. The van der Waals surface area contributed by atoms with Gasteiger partial charge in [0, 0.05) is 22.1 Å². The first-order valence-electron chi connectivity index (χ1n) is 6.24. The van der Waals surface area contributed by atoms with Crippen molar-refractivity contribution in [1.82, 2.24) is 9.97 Å². The maximum absolute atomic E-state index is 5.93. The molecule has 90 valence electrons. The van der Waals surface area contributed by atoms with Crippen LogP contribution in [-0.4, -0.2) is 16.6 Å². The van der Waals surface area contributed by atoms with Gasteiger partial charge in [-0.05, 0) is 12.8 Å². The normalized spacial score (nSPS) is 18.4. The van der Waals surface area contributed by atoms with Gasteiger partial charge in [-0.15, -0.1) is 0 Å². The number of H-pyrrole nitrogens is 1. The molecule has 1 spiro atoms. The van der Waals surface area contributed by atoms with Crippen molar-refractivity contribution in [3.05, 3.63) is 54.1 Å². The molecule has 3 heteroatoms. The Balaban J connectivity index is 1.83. The van der Waals surface area contributed by atoms with Crippen molar-refractivity contribution < 1.29 is 4.74 Å². The second-order valence-electron chi connectivity index (χ2n) is 5.20. The van der Waals surface area contributed by atoms with E-state index in [1.54, 1.807) is 12.5 Å². The lowest BCUT2D eigenvalue weighted by Gasteiger charge is -2.09. The van der Waals surface area contributed by atoms with Crippen molar-refractivity contribution in [3.8, 4) is 5.75 Å². The van der Waals surface area contributed by atoms with Gasteiger partial charge >= 0.3 is 0 Å². The summed E-state index contributed by atoms with van der Waals surface area (Å²) in [5.41, 5.74) is 4.66. The molecule has 18 heavy (non-hydrogen) atoms. The molecule has 0 bridgehead atoms. The summed E-state index contributed by atoms with van der Waals surface area (Å²) in [5.74, 6) is 1.02. The Labute approximate surface area is 106 Å². The Hall–Kier alpha value is -2.03. The van der Waals surface area contributed by atoms with Crippen molar-refractivity contribution >= 4 is 5.57 Å². The lowest BCUT2D eigenvalue weighted by Crippen LogP contribution is -2.06. The van der Waals surface area contributed by atoms with Crippen molar-refractivity contribution in [1.29, 1.82) is 0 Å². The summed E-state index contributed by atoms with van der Waals surface area (Å²) < 4.78 is 5.93. The number of imidazole rings is 1. The van der Waals surface area contributed by atoms with Crippen LogP contribution >= 0.6 is 0 Å². The molecule has 1 aliphatic heterocycles. The van der Waals surface area contributed by atoms with Crippen LogP contribution in [0.4, 0.5) is 0 Å². The molecule has 1 N–H and O–H groups in total. The molecule has 2 heterocycles. The van der Waals surface area contributed by atoms with Gasteiger partial charge in [-0.3, -0.25) is 0 Å². The molecule has 2 aromatic rings. The van der Waals surface area contributed by atoms with E-state index in [1.807, 2.05) is 0 Å². The van der Waals surface area contributed by atoms with Gasteiger partial charge in [0.15, 0.2) is 0 Å². The summed E-state index contributed by atoms with van der Waals surface area (Å²) in [7, 11) is 0. The van der Waals surface area contributed by atoms with Crippen molar-refractivity contribution in [2.45, 2.75) is 18.3 Å². The van der Waals surface area contributed by atoms with Crippen LogP contribution in [0.15, 0.2) is 37.3 Å². The number of fused-ring (bicyclic) bond motifs is 2. The molecule has 1 aliphatic carbocycles. The van der Waals surface area contributed by atoms with Crippen LogP contribution in [-0.2, 0) is 5.41 Å². The minimum Gasteiger partial charge on any atom is -0.492 e. The van der Waals surface area contributed by atoms with E-state index in [0.29, 0.717) is 5.41 Å². The first-order valence-corrected chi connectivity index (χ1v) is 6.24. The Morgan fingerprint density at radius 1 is 1.39 bits per heavy atom. The average Bonchev–Trinajstić information content (AvgIpc) is 2.84. The number of ether oxygens (including phenoxy) is 1. The maximum atomic E-state index is 5.93. The highest BCUT2D eigenvalue weighted by Gasteiger charge is 2.51. The highest BCUT2D eigenvalue weighted by atomic mass is 16.5. The zero-order chi connectivity index (χ0) is 12.2. The van der Waals surface area contributed by atoms with Gasteiger partial charge in [0.1, 0.15) is 5.75 Å². The molecule has 0 radical (unpaired) electrons. The SMILES string of the molecule is C=C(c1cnc[nH]1)c1cccc2c1OCC21CC1. The summed E-state index contributed by atoms with van der Waals surface area (Å²) in [5, 5.41) is 0. The highest BCUT2D eigenvalue weighted by molar-refractivity contribution is 5.81. The van der Waals surface area contributed by atoms with E-state index in [9.17, 15) is 0 Å². The van der Waals surface area contributed by atoms with Crippen LogP contribution in [0.25, 0.3) is 5.57 Å². The number of aromatic amines is 1. The third kappa shape index (κ3) is 1.22. The summed E-state index contributed by atoms with van der Waals surface area (Å²) in [6.45, 7) is 4.99. The van der Waals surface area contributed by atoms with E-state index < -0.39 is 0 Å². The van der Waals surface area contributed by atoms with Gasteiger partial charge in [-0.1, -0.05) is 24.8 Å². The number of benzene rings is 1. The number of nitrogens with one attached hydrogen (secondary N) is 1. The summed E-state index contributed by atoms with van der Waals surface area (Å²) in [6.07, 6.45) is 5.97.